The predicted molar refractivity (Wildman–Crippen MR) is 71.4 cm³/mol. The molecule has 20 heavy (non-hydrogen) atoms. The van der Waals surface area contributed by atoms with Crippen molar-refractivity contribution >= 4 is 28.7 Å². The summed E-state index contributed by atoms with van der Waals surface area (Å²) in [6.07, 6.45) is 0. The summed E-state index contributed by atoms with van der Waals surface area (Å²) in [7, 11) is 0. The van der Waals surface area contributed by atoms with Crippen LogP contribution < -0.4 is 0 Å². The summed E-state index contributed by atoms with van der Waals surface area (Å²) in [5.74, 6) is -1.56. The van der Waals surface area contributed by atoms with Gasteiger partial charge in [0.1, 0.15) is 16.9 Å². The first kappa shape index (κ1) is 12.6. The Kier molecular flexibility index (Phi) is 2.91. The third kappa shape index (κ3) is 2.02. The van der Waals surface area contributed by atoms with Crippen LogP contribution in [0, 0.1) is 5.82 Å². The highest BCUT2D eigenvalue weighted by molar-refractivity contribution is 6.30. The summed E-state index contributed by atoms with van der Waals surface area (Å²) in [6.45, 7) is 0. The monoisotopic (exact) mass is 291 g/mol. The van der Waals surface area contributed by atoms with Crippen molar-refractivity contribution in [3.8, 4) is 11.5 Å². The van der Waals surface area contributed by atoms with Gasteiger partial charge in [-0.25, -0.2) is 14.2 Å². The van der Waals surface area contributed by atoms with Gasteiger partial charge >= 0.3 is 5.97 Å². The molecule has 1 N–H and O–H groups in total. The number of carboxylic acids is 1. The number of para-hydroxylation sites is 1. The van der Waals surface area contributed by atoms with Crippen LogP contribution in [0.4, 0.5) is 4.39 Å². The number of carbonyl (C=O) groups is 1. The van der Waals surface area contributed by atoms with Crippen LogP contribution in [-0.2, 0) is 0 Å². The van der Waals surface area contributed by atoms with E-state index in [4.69, 9.17) is 21.1 Å². The van der Waals surface area contributed by atoms with Crippen molar-refractivity contribution in [2.75, 3.05) is 0 Å². The first-order valence-electron chi connectivity index (χ1n) is 5.64. The van der Waals surface area contributed by atoms with Crippen molar-refractivity contribution in [3.63, 3.8) is 0 Å². The van der Waals surface area contributed by atoms with Gasteiger partial charge in [0.05, 0.1) is 5.02 Å². The number of nitrogens with zero attached hydrogens (tertiary/aromatic N) is 1. The maximum Gasteiger partial charge on any atom is 0.339 e. The van der Waals surface area contributed by atoms with E-state index in [1.807, 2.05) is 0 Å². The number of benzene rings is 2. The van der Waals surface area contributed by atoms with Crippen LogP contribution in [0.15, 0.2) is 40.8 Å². The van der Waals surface area contributed by atoms with E-state index in [0.29, 0.717) is 11.1 Å². The molecule has 0 aliphatic carbocycles. The summed E-state index contributed by atoms with van der Waals surface area (Å²) in [5.41, 5.74) is 0.954. The molecular formula is C14H7ClFNO3. The van der Waals surface area contributed by atoms with Crippen LogP contribution in [0.2, 0.25) is 5.02 Å². The normalized spacial score (nSPS) is 10.9. The second-order valence-corrected chi connectivity index (χ2v) is 4.51. The predicted octanol–water partition coefficient (Wildman–Crippen LogP) is 3.99. The quantitative estimate of drug-likeness (QED) is 0.775. The van der Waals surface area contributed by atoms with Crippen molar-refractivity contribution in [2.24, 2.45) is 0 Å². The first-order chi connectivity index (χ1) is 9.56. The second kappa shape index (κ2) is 4.61. The number of rotatable bonds is 2. The number of fused-ring (bicyclic) bond motifs is 1. The average Bonchev–Trinajstić information content (AvgIpc) is 2.85. The minimum absolute atomic E-state index is 0.00362. The van der Waals surface area contributed by atoms with Gasteiger partial charge in [0.15, 0.2) is 5.58 Å². The molecular weight excluding hydrogens is 285 g/mol. The van der Waals surface area contributed by atoms with Gasteiger partial charge in [-0.05, 0) is 30.3 Å². The molecule has 3 aromatic rings. The van der Waals surface area contributed by atoms with Crippen LogP contribution in [0.5, 0.6) is 0 Å². The van der Waals surface area contributed by atoms with Crippen LogP contribution in [0.3, 0.4) is 0 Å². The molecule has 0 fully saturated rings. The Morgan fingerprint density at radius 3 is 2.80 bits per heavy atom. The molecule has 1 heterocycles. The van der Waals surface area contributed by atoms with E-state index in [-0.39, 0.29) is 22.1 Å². The summed E-state index contributed by atoms with van der Waals surface area (Å²) in [5, 5.41) is 9.07. The van der Waals surface area contributed by atoms with Gasteiger partial charge in [-0.15, -0.1) is 0 Å². The Labute approximate surface area is 117 Å². The van der Waals surface area contributed by atoms with Gasteiger partial charge in [-0.1, -0.05) is 17.7 Å². The molecule has 1 aromatic heterocycles. The number of hydrogen-bond acceptors (Lipinski definition) is 3. The Morgan fingerprint density at radius 2 is 2.10 bits per heavy atom. The van der Waals surface area contributed by atoms with Crippen LogP contribution in [0.1, 0.15) is 10.4 Å². The third-order valence-electron chi connectivity index (χ3n) is 2.81. The maximum atomic E-state index is 13.4. The van der Waals surface area contributed by atoms with Crippen LogP contribution in [0.25, 0.3) is 22.6 Å². The van der Waals surface area contributed by atoms with Gasteiger partial charge in [0.25, 0.3) is 0 Å². The number of aromatic carboxylic acids is 1. The lowest BCUT2D eigenvalue weighted by Crippen LogP contribution is -1.95. The first-order valence-corrected chi connectivity index (χ1v) is 6.02. The van der Waals surface area contributed by atoms with E-state index in [1.165, 1.54) is 18.2 Å². The molecule has 0 atom stereocenters. The molecule has 6 heteroatoms. The largest absolute Gasteiger partial charge is 0.478 e. The van der Waals surface area contributed by atoms with Crippen molar-refractivity contribution in [1.82, 2.24) is 4.98 Å². The summed E-state index contributed by atoms with van der Waals surface area (Å²) in [6, 6.07) is 8.74. The highest BCUT2D eigenvalue weighted by Gasteiger charge is 2.16. The topological polar surface area (TPSA) is 63.3 Å². The molecule has 2 aromatic carbocycles. The molecule has 0 saturated heterocycles. The lowest BCUT2D eigenvalue weighted by atomic mass is 10.2. The molecule has 4 nitrogen and oxygen atoms in total. The molecule has 0 spiro atoms. The second-order valence-electron chi connectivity index (χ2n) is 4.11. The Morgan fingerprint density at radius 1 is 1.30 bits per heavy atom. The molecule has 0 unspecified atom stereocenters. The number of oxazole rings is 1. The van der Waals surface area contributed by atoms with Crippen molar-refractivity contribution < 1.29 is 18.7 Å². The van der Waals surface area contributed by atoms with Crippen LogP contribution in [-0.4, -0.2) is 16.1 Å². The molecule has 0 bridgehead atoms. The Hall–Kier alpha value is -2.40. The Balaban J connectivity index is 2.20. The molecule has 0 amide bonds. The van der Waals surface area contributed by atoms with E-state index >= 15 is 0 Å². The van der Waals surface area contributed by atoms with E-state index in [1.54, 1.807) is 18.2 Å². The van der Waals surface area contributed by atoms with Crippen LogP contribution >= 0.6 is 11.6 Å². The van der Waals surface area contributed by atoms with Crippen molar-refractivity contribution in [2.45, 2.75) is 0 Å². The Bertz CT molecular complexity index is 828. The number of halogens is 2. The molecule has 0 saturated carbocycles. The number of hydrogen-bond donors (Lipinski definition) is 1. The lowest BCUT2D eigenvalue weighted by Gasteiger charge is -1.97. The van der Waals surface area contributed by atoms with E-state index in [0.717, 1.165) is 0 Å². The minimum atomic E-state index is -1.11. The van der Waals surface area contributed by atoms with Gasteiger partial charge in [-0.2, -0.15) is 0 Å². The fourth-order valence-electron chi connectivity index (χ4n) is 1.87. The fourth-order valence-corrected chi connectivity index (χ4v) is 1.99. The van der Waals surface area contributed by atoms with Crippen molar-refractivity contribution in [1.29, 1.82) is 0 Å². The van der Waals surface area contributed by atoms with E-state index in [2.05, 4.69) is 4.98 Å². The van der Waals surface area contributed by atoms with E-state index < -0.39 is 11.8 Å². The van der Waals surface area contributed by atoms with Gasteiger partial charge in [0, 0.05) is 5.56 Å². The summed E-state index contributed by atoms with van der Waals surface area (Å²) < 4.78 is 18.9. The zero-order valence-corrected chi connectivity index (χ0v) is 10.7. The SMILES string of the molecule is O=C(O)c1cccc2nc(-c3ccc(Cl)c(F)c3)oc12. The highest BCUT2D eigenvalue weighted by atomic mass is 35.5. The minimum Gasteiger partial charge on any atom is -0.478 e. The third-order valence-corrected chi connectivity index (χ3v) is 3.12. The lowest BCUT2D eigenvalue weighted by molar-refractivity contribution is 0.0698. The highest BCUT2D eigenvalue weighted by Crippen LogP contribution is 2.28. The molecule has 0 radical (unpaired) electrons. The van der Waals surface area contributed by atoms with Gasteiger partial charge in [-0.3, -0.25) is 0 Å². The number of carboxylic acid groups (broad SMARTS) is 1. The van der Waals surface area contributed by atoms with E-state index in [9.17, 15) is 9.18 Å². The maximum absolute atomic E-state index is 13.4. The zero-order valence-electron chi connectivity index (χ0n) is 9.93. The smallest absolute Gasteiger partial charge is 0.339 e. The fraction of sp³-hybridized carbons (Fsp3) is 0. The van der Waals surface area contributed by atoms with Crippen molar-refractivity contribution in [3.05, 3.63) is 52.8 Å². The molecule has 0 aliphatic heterocycles. The number of aromatic nitrogens is 1. The molecule has 3 rings (SSSR count). The molecule has 100 valence electrons. The van der Waals surface area contributed by atoms with Gasteiger partial charge < -0.3 is 9.52 Å². The standard InChI is InChI=1S/C14H7ClFNO3/c15-9-5-4-7(6-10(9)16)13-17-11-3-1-2-8(14(18)19)12(11)20-13/h1-6H,(H,18,19). The summed E-state index contributed by atoms with van der Waals surface area (Å²) >= 11 is 5.61. The summed E-state index contributed by atoms with van der Waals surface area (Å²) in [4.78, 5) is 15.3. The average molecular weight is 292 g/mol. The zero-order chi connectivity index (χ0) is 14.3. The molecule has 0 aliphatic rings. The van der Waals surface area contributed by atoms with Gasteiger partial charge in [0.2, 0.25) is 5.89 Å².